The summed E-state index contributed by atoms with van der Waals surface area (Å²) < 4.78 is 6.16. The largest absolute Gasteiger partial charge is 0.373 e. The zero-order chi connectivity index (χ0) is 15.5. The van der Waals surface area contributed by atoms with Crippen molar-refractivity contribution in [3.63, 3.8) is 0 Å². The van der Waals surface area contributed by atoms with Crippen molar-refractivity contribution < 1.29 is 4.74 Å². The fourth-order valence-corrected chi connectivity index (χ4v) is 4.02. The zero-order valence-electron chi connectivity index (χ0n) is 13.4. The molecule has 122 valence electrons. The number of nitrogens with zero attached hydrogens (tertiary/aromatic N) is 2. The molecule has 5 heteroatoms. The molecule has 2 N–H and O–H groups in total. The van der Waals surface area contributed by atoms with Crippen molar-refractivity contribution in [2.45, 2.75) is 56.7 Å². The lowest BCUT2D eigenvalue weighted by Crippen LogP contribution is -2.48. The third kappa shape index (κ3) is 3.03. The molecule has 3 heterocycles. The predicted octanol–water partition coefficient (Wildman–Crippen LogP) is 3.05. The lowest BCUT2D eigenvalue weighted by atomic mass is 9.79. The second-order valence-electron chi connectivity index (χ2n) is 6.72. The van der Waals surface area contributed by atoms with E-state index in [-0.39, 0.29) is 5.60 Å². The van der Waals surface area contributed by atoms with E-state index in [0.717, 1.165) is 36.5 Å². The summed E-state index contributed by atoms with van der Waals surface area (Å²) in [4.78, 5) is 4.15. The van der Waals surface area contributed by atoms with E-state index in [1.807, 2.05) is 18.3 Å². The third-order valence-corrected chi connectivity index (χ3v) is 5.26. The van der Waals surface area contributed by atoms with Crippen LogP contribution in [0, 0.1) is 0 Å². The van der Waals surface area contributed by atoms with Crippen LogP contribution in [0.3, 0.4) is 0 Å². The Labute approximate surface area is 136 Å². The van der Waals surface area contributed by atoms with E-state index >= 15 is 0 Å². The van der Waals surface area contributed by atoms with E-state index in [1.165, 1.54) is 32.1 Å². The molecule has 1 unspecified atom stereocenters. The third-order valence-electron chi connectivity index (χ3n) is 5.26. The molecule has 0 aromatic carbocycles. The summed E-state index contributed by atoms with van der Waals surface area (Å²) in [7, 11) is 0. The Bertz CT molecular complexity index is 633. The van der Waals surface area contributed by atoms with Gasteiger partial charge in [-0.2, -0.15) is 5.10 Å². The fraction of sp³-hybridized carbons (Fsp3) is 0.556. The Hall–Kier alpha value is -1.72. The molecular formula is C18H24N4O. The maximum absolute atomic E-state index is 6.16. The van der Waals surface area contributed by atoms with Gasteiger partial charge in [-0.05, 0) is 37.5 Å². The number of aromatic nitrogens is 3. The Morgan fingerprint density at radius 2 is 2.22 bits per heavy atom. The van der Waals surface area contributed by atoms with E-state index in [2.05, 4.69) is 26.6 Å². The van der Waals surface area contributed by atoms with Gasteiger partial charge in [0.25, 0.3) is 0 Å². The summed E-state index contributed by atoms with van der Waals surface area (Å²) in [5.74, 6) is 0. The van der Waals surface area contributed by atoms with Gasteiger partial charge in [0.1, 0.15) is 0 Å². The molecule has 1 atom stereocenters. The van der Waals surface area contributed by atoms with Crippen LogP contribution < -0.4 is 5.32 Å². The molecule has 0 bridgehead atoms. The molecule has 1 saturated heterocycles. The number of pyridine rings is 1. The van der Waals surface area contributed by atoms with Gasteiger partial charge in [0.15, 0.2) is 0 Å². The number of hydrogen-bond acceptors (Lipinski definition) is 4. The molecule has 2 aliphatic rings. The van der Waals surface area contributed by atoms with Crippen LogP contribution in [0.2, 0.25) is 0 Å². The maximum Gasteiger partial charge on any atom is 0.0939 e. The number of rotatable bonds is 4. The molecule has 5 nitrogen and oxygen atoms in total. The van der Waals surface area contributed by atoms with Crippen LogP contribution in [0.5, 0.6) is 0 Å². The van der Waals surface area contributed by atoms with Crippen LogP contribution in [0.1, 0.15) is 44.2 Å². The van der Waals surface area contributed by atoms with Gasteiger partial charge >= 0.3 is 0 Å². The molecule has 1 spiro atoms. The minimum Gasteiger partial charge on any atom is -0.373 e. The number of nitrogens with one attached hydrogen (secondary N) is 2. The average molecular weight is 312 g/mol. The Balaban J connectivity index is 1.40. The second kappa shape index (κ2) is 6.42. The van der Waals surface area contributed by atoms with E-state index in [0.29, 0.717) is 6.04 Å². The summed E-state index contributed by atoms with van der Waals surface area (Å²) >= 11 is 0. The Morgan fingerprint density at radius 3 is 3.04 bits per heavy atom. The minimum absolute atomic E-state index is 0.0877. The lowest BCUT2D eigenvalue weighted by molar-refractivity contribution is -0.0389. The van der Waals surface area contributed by atoms with Crippen LogP contribution in [0.4, 0.5) is 0 Å². The van der Waals surface area contributed by atoms with Gasteiger partial charge in [-0.1, -0.05) is 19.3 Å². The molecule has 1 aliphatic carbocycles. The van der Waals surface area contributed by atoms with Gasteiger partial charge in [-0.25, -0.2) is 0 Å². The predicted molar refractivity (Wildman–Crippen MR) is 88.8 cm³/mol. The Morgan fingerprint density at radius 1 is 1.30 bits per heavy atom. The molecule has 2 aromatic heterocycles. The van der Waals surface area contributed by atoms with Crippen molar-refractivity contribution in [3.05, 3.63) is 36.3 Å². The van der Waals surface area contributed by atoms with Gasteiger partial charge in [0.2, 0.25) is 0 Å². The standard InChI is InChI=1S/C18H24N4O/c1-2-7-18(8-3-1)17(6-10-23-18)20-13-15-11-16(22-21-15)14-5-4-9-19-12-14/h4-5,9,11-12,17,20H,1-3,6-8,10,13H2,(H,21,22). The van der Waals surface area contributed by atoms with Gasteiger partial charge < -0.3 is 10.1 Å². The van der Waals surface area contributed by atoms with Gasteiger partial charge in [-0.3, -0.25) is 10.1 Å². The number of H-pyrrole nitrogens is 1. The first-order chi connectivity index (χ1) is 11.4. The summed E-state index contributed by atoms with van der Waals surface area (Å²) in [5.41, 5.74) is 3.19. The highest BCUT2D eigenvalue weighted by Crippen LogP contribution is 2.39. The van der Waals surface area contributed by atoms with Crippen LogP contribution in [-0.2, 0) is 11.3 Å². The van der Waals surface area contributed by atoms with Crippen LogP contribution >= 0.6 is 0 Å². The first-order valence-electron chi connectivity index (χ1n) is 8.68. The van der Waals surface area contributed by atoms with Gasteiger partial charge in [0.05, 0.1) is 11.3 Å². The monoisotopic (exact) mass is 312 g/mol. The Kier molecular flexibility index (Phi) is 4.14. The second-order valence-corrected chi connectivity index (χ2v) is 6.72. The van der Waals surface area contributed by atoms with Gasteiger partial charge in [0, 0.05) is 42.8 Å². The highest BCUT2D eigenvalue weighted by Gasteiger charge is 2.44. The van der Waals surface area contributed by atoms with Crippen molar-refractivity contribution in [3.8, 4) is 11.3 Å². The van der Waals surface area contributed by atoms with Crippen LogP contribution in [0.25, 0.3) is 11.3 Å². The SMILES string of the molecule is c1cncc(-c2cc(CNC3CCOC34CCCCC4)[nH]n2)c1. The highest BCUT2D eigenvalue weighted by molar-refractivity contribution is 5.57. The zero-order valence-corrected chi connectivity index (χ0v) is 13.4. The van der Waals surface area contributed by atoms with Gasteiger partial charge in [-0.15, -0.1) is 0 Å². The summed E-state index contributed by atoms with van der Waals surface area (Å²) in [6.07, 6.45) is 11.1. The molecule has 0 radical (unpaired) electrons. The molecule has 2 aromatic rings. The highest BCUT2D eigenvalue weighted by atomic mass is 16.5. The maximum atomic E-state index is 6.16. The summed E-state index contributed by atoms with van der Waals surface area (Å²) in [6, 6.07) is 6.54. The molecule has 1 aliphatic heterocycles. The minimum atomic E-state index is 0.0877. The molecule has 2 fully saturated rings. The van der Waals surface area contributed by atoms with Crippen molar-refractivity contribution in [2.24, 2.45) is 0 Å². The van der Waals surface area contributed by atoms with Crippen LogP contribution in [-0.4, -0.2) is 33.4 Å². The first-order valence-corrected chi connectivity index (χ1v) is 8.68. The van der Waals surface area contributed by atoms with Crippen molar-refractivity contribution >= 4 is 0 Å². The van der Waals surface area contributed by atoms with E-state index < -0.39 is 0 Å². The lowest BCUT2D eigenvalue weighted by Gasteiger charge is -2.38. The smallest absolute Gasteiger partial charge is 0.0939 e. The molecular weight excluding hydrogens is 288 g/mol. The van der Waals surface area contributed by atoms with E-state index in [1.54, 1.807) is 6.20 Å². The van der Waals surface area contributed by atoms with Crippen molar-refractivity contribution in [1.29, 1.82) is 0 Å². The topological polar surface area (TPSA) is 62.8 Å². The normalized spacial score (nSPS) is 23.4. The van der Waals surface area contributed by atoms with E-state index in [4.69, 9.17) is 4.74 Å². The average Bonchev–Trinajstić information content (AvgIpc) is 3.22. The first kappa shape index (κ1) is 14.8. The van der Waals surface area contributed by atoms with Crippen molar-refractivity contribution in [2.75, 3.05) is 6.61 Å². The fourth-order valence-electron chi connectivity index (χ4n) is 4.02. The summed E-state index contributed by atoms with van der Waals surface area (Å²) in [5, 5.41) is 11.2. The number of hydrogen-bond donors (Lipinski definition) is 2. The molecule has 0 amide bonds. The van der Waals surface area contributed by atoms with Crippen molar-refractivity contribution in [1.82, 2.24) is 20.5 Å². The number of aromatic amines is 1. The quantitative estimate of drug-likeness (QED) is 0.911. The number of ether oxygens (including phenoxy) is 1. The molecule has 1 saturated carbocycles. The molecule has 4 rings (SSSR count). The van der Waals surface area contributed by atoms with Crippen LogP contribution in [0.15, 0.2) is 30.6 Å². The van der Waals surface area contributed by atoms with E-state index in [9.17, 15) is 0 Å². The molecule has 23 heavy (non-hydrogen) atoms. The summed E-state index contributed by atoms with van der Waals surface area (Å²) in [6.45, 7) is 1.70.